The quantitative estimate of drug-likeness (QED) is 0.566. The first kappa shape index (κ1) is 12.4. The molecule has 6 nitrogen and oxygen atoms in total. The number of amidine groups is 1. The summed E-state index contributed by atoms with van der Waals surface area (Å²) in [5, 5.41) is 14.4. The summed E-state index contributed by atoms with van der Waals surface area (Å²) in [6.07, 6.45) is 0. The normalized spacial score (nSPS) is 10.5. The molecule has 1 aromatic carbocycles. The number of aromatic amines is 1. The minimum absolute atomic E-state index is 0.000897. The van der Waals surface area contributed by atoms with Crippen LogP contribution in [-0.2, 0) is 6.54 Å². The zero-order valence-electron chi connectivity index (χ0n) is 9.80. The predicted octanol–water partition coefficient (Wildman–Crippen LogP) is 1.03. The van der Waals surface area contributed by atoms with E-state index in [2.05, 4.69) is 10.2 Å². The van der Waals surface area contributed by atoms with Crippen molar-refractivity contribution in [2.75, 3.05) is 0 Å². The van der Waals surface area contributed by atoms with Gasteiger partial charge in [-0.25, -0.2) is 9.89 Å². The fraction of sp³-hybridized carbons (Fsp3) is 0.182. The molecule has 1 aromatic heterocycles. The highest BCUT2D eigenvalue weighted by Crippen LogP contribution is 2.27. The van der Waals surface area contributed by atoms with Crippen molar-refractivity contribution < 1.29 is 0 Å². The number of H-pyrrole nitrogens is 1. The summed E-state index contributed by atoms with van der Waals surface area (Å²) in [4.78, 5) is 12.2. The molecule has 0 aliphatic rings. The molecule has 1 heterocycles. The number of nitrogens with zero attached hydrogens (tertiary/aromatic N) is 2. The molecule has 0 aliphatic carbocycles. The van der Waals surface area contributed by atoms with Crippen molar-refractivity contribution in [1.82, 2.24) is 14.8 Å². The van der Waals surface area contributed by atoms with Gasteiger partial charge < -0.3 is 5.73 Å². The van der Waals surface area contributed by atoms with Gasteiger partial charge in [0.25, 0.3) is 0 Å². The molecule has 18 heavy (non-hydrogen) atoms. The second-order valence-corrected chi connectivity index (χ2v) is 4.58. The van der Waals surface area contributed by atoms with E-state index in [-0.39, 0.29) is 11.5 Å². The van der Waals surface area contributed by atoms with E-state index < -0.39 is 0 Å². The Bertz CT molecular complexity index is 630. The second-order valence-electron chi connectivity index (χ2n) is 3.57. The molecule has 0 amide bonds. The predicted molar refractivity (Wildman–Crippen MR) is 70.1 cm³/mol. The summed E-state index contributed by atoms with van der Waals surface area (Å²) in [7, 11) is 0. The summed E-state index contributed by atoms with van der Waals surface area (Å²) in [5.74, 6) is -0.000897. The van der Waals surface area contributed by atoms with Gasteiger partial charge in [0, 0.05) is 17.0 Å². The van der Waals surface area contributed by atoms with Gasteiger partial charge in [-0.05, 0) is 24.8 Å². The number of hydrogen-bond acceptors (Lipinski definition) is 4. The first-order chi connectivity index (χ1) is 8.63. The molecule has 94 valence electrons. The summed E-state index contributed by atoms with van der Waals surface area (Å²) in [6, 6.07) is 7.29. The highest BCUT2D eigenvalue weighted by atomic mass is 32.2. The first-order valence-corrected chi connectivity index (χ1v) is 6.21. The molecule has 0 saturated carbocycles. The van der Waals surface area contributed by atoms with Crippen LogP contribution >= 0.6 is 11.8 Å². The molecular weight excluding hydrogens is 250 g/mol. The van der Waals surface area contributed by atoms with Gasteiger partial charge in [0.15, 0.2) is 5.16 Å². The minimum atomic E-state index is -0.236. The van der Waals surface area contributed by atoms with Crippen molar-refractivity contribution in [2.45, 2.75) is 23.5 Å². The molecule has 0 atom stereocenters. The number of aromatic nitrogens is 3. The Labute approximate surface area is 108 Å². The Kier molecular flexibility index (Phi) is 3.52. The number of nitrogens with two attached hydrogens (primary N) is 1. The van der Waals surface area contributed by atoms with Crippen LogP contribution in [0.5, 0.6) is 0 Å². The van der Waals surface area contributed by atoms with Gasteiger partial charge in [0.1, 0.15) is 5.84 Å². The third-order valence-electron chi connectivity index (χ3n) is 2.42. The third kappa shape index (κ3) is 2.30. The molecule has 0 unspecified atom stereocenters. The topological polar surface area (TPSA) is 101 Å². The molecule has 7 heteroatoms. The molecule has 4 N–H and O–H groups in total. The van der Waals surface area contributed by atoms with E-state index in [9.17, 15) is 4.79 Å². The number of nitrogen functional groups attached to an aromatic ring is 1. The fourth-order valence-corrected chi connectivity index (χ4v) is 2.58. The maximum Gasteiger partial charge on any atom is 0.343 e. The maximum absolute atomic E-state index is 11.4. The zero-order chi connectivity index (χ0) is 13.1. The van der Waals surface area contributed by atoms with Gasteiger partial charge in [0.2, 0.25) is 0 Å². The van der Waals surface area contributed by atoms with Gasteiger partial charge in [-0.15, -0.1) is 5.10 Å². The molecule has 0 radical (unpaired) electrons. The number of hydrogen-bond donors (Lipinski definition) is 3. The van der Waals surface area contributed by atoms with Crippen LogP contribution in [0.2, 0.25) is 0 Å². The third-order valence-corrected chi connectivity index (χ3v) is 3.49. The van der Waals surface area contributed by atoms with Gasteiger partial charge in [-0.3, -0.25) is 9.98 Å². The van der Waals surface area contributed by atoms with Gasteiger partial charge in [-0.1, -0.05) is 18.2 Å². The van der Waals surface area contributed by atoms with E-state index in [1.807, 2.05) is 25.1 Å². The Morgan fingerprint density at radius 1 is 1.56 bits per heavy atom. The Morgan fingerprint density at radius 2 is 2.28 bits per heavy atom. The standard InChI is InChI=1S/C11H13N5OS/c1-2-16-10(17)14-15-11(16)18-8-6-4-3-5-7(8)9(12)13/h3-6H,2H2,1H3,(H3,12,13)(H,14,17). The monoisotopic (exact) mass is 263 g/mol. The highest BCUT2D eigenvalue weighted by Gasteiger charge is 2.11. The van der Waals surface area contributed by atoms with E-state index >= 15 is 0 Å². The SMILES string of the molecule is CCn1c(Sc2ccccc2C(=N)N)n[nH]c1=O. The lowest BCUT2D eigenvalue weighted by Gasteiger charge is -2.07. The first-order valence-electron chi connectivity index (χ1n) is 5.40. The lowest BCUT2D eigenvalue weighted by atomic mass is 10.2. The minimum Gasteiger partial charge on any atom is -0.384 e. The highest BCUT2D eigenvalue weighted by molar-refractivity contribution is 7.99. The van der Waals surface area contributed by atoms with Crippen LogP contribution in [0.25, 0.3) is 0 Å². The van der Waals surface area contributed by atoms with E-state index in [0.717, 1.165) is 4.90 Å². The van der Waals surface area contributed by atoms with Crippen LogP contribution in [0.1, 0.15) is 12.5 Å². The number of benzene rings is 1. The lowest BCUT2D eigenvalue weighted by molar-refractivity contribution is 0.660. The van der Waals surface area contributed by atoms with Gasteiger partial charge in [0.05, 0.1) is 0 Å². The van der Waals surface area contributed by atoms with Crippen molar-refractivity contribution in [3.05, 3.63) is 40.3 Å². The van der Waals surface area contributed by atoms with Crippen LogP contribution in [0.4, 0.5) is 0 Å². The van der Waals surface area contributed by atoms with Crippen molar-refractivity contribution >= 4 is 17.6 Å². The lowest BCUT2D eigenvalue weighted by Crippen LogP contribution is -2.16. The molecule has 0 aliphatic heterocycles. The van der Waals surface area contributed by atoms with Crippen molar-refractivity contribution in [1.29, 1.82) is 5.41 Å². The largest absolute Gasteiger partial charge is 0.384 e. The molecule has 0 spiro atoms. The summed E-state index contributed by atoms with van der Waals surface area (Å²) in [6.45, 7) is 2.41. The molecule has 2 aromatic rings. The molecule has 0 saturated heterocycles. The smallest absolute Gasteiger partial charge is 0.343 e. The molecule has 2 rings (SSSR count). The maximum atomic E-state index is 11.4. The van der Waals surface area contributed by atoms with E-state index in [1.165, 1.54) is 16.3 Å². The number of rotatable bonds is 4. The van der Waals surface area contributed by atoms with E-state index in [1.54, 1.807) is 6.07 Å². The van der Waals surface area contributed by atoms with Crippen LogP contribution < -0.4 is 11.4 Å². The van der Waals surface area contributed by atoms with E-state index in [4.69, 9.17) is 11.1 Å². The van der Waals surface area contributed by atoms with Crippen LogP contribution in [0.3, 0.4) is 0 Å². The zero-order valence-corrected chi connectivity index (χ0v) is 10.6. The van der Waals surface area contributed by atoms with Crippen molar-refractivity contribution in [3.8, 4) is 0 Å². The Morgan fingerprint density at radius 3 is 2.94 bits per heavy atom. The van der Waals surface area contributed by atoms with Crippen LogP contribution in [0.15, 0.2) is 39.1 Å². The molecule has 0 bridgehead atoms. The Balaban J connectivity index is 2.40. The Hall–Kier alpha value is -2.02. The second kappa shape index (κ2) is 5.09. The van der Waals surface area contributed by atoms with Crippen LogP contribution in [0, 0.1) is 5.41 Å². The summed E-state index contributed by atoms with van der Waals surface area (Å²) < 4.78 is 1.53. The fourth-order valence-electron chi connectivity index (χ4n) is 1.54. The van der Waals surface area contributed by atoms with Gasteiger partial charge >= 0.3 is 5.69 Å². The molecular formula is C11H13N5OS. The number of nitrogens with one attached hydrogen (secondary N) is 2. The van der Waals surface area contributed by atoms with E-state index in [0.29, 0.717) is 17.3 Å². The van der Waals surface area contributed by atoms with Crippen molar-refractivity contribution in [2.24, 2.45) is 5.73 Å². The average molecular weight is 263 g/mol. The summed E-state index contributed by atoms with van der Waals surface area (Å²) >= 11 is 1.31. The average Bonchev–Trinajstić information content (AvgIpc) is 2.70. The van der Waals surface area contributed by atoms with Crippen molar-refractivity contribution in [3.63, 3.8) is 0 Å². The summed E-state index contributed by atoms with van der Waals surface area (Å²) in [5.41, 5.74) is 5.92. The molecule has 0 fully saturated rings. The van der Waals surface area contributed by atoms with Gasteiger partial charge in [-0.2, -0.15) is 0 Å². The van der Waals surface area contributed by atoms with Crippen LogP contribution in [-0.4, -0.2) is 20.6 Å².